The second-order valence-corrected chi connectivity index (χ2v) is 7.02. The molecule has 8 nitrogen and oxygen atoms in total. The van der Waals surface area contributed by atoms with Crippen LogP contribution >= 0.6 is 0 Å². The third-order valence-corrected chi connectivity index (χ3v) is 4.79. The lowest BCUT2D eigenvalue weighted by molar-refractivity contribution is -0.114. The zero-order valence-electron chi connectivity index (χ0n) is 16.4. The van der Waals surface area contributed by atoms with Gasteiger partial charge in [-0.3, -0.25) is 13.9 Å². The van der Waals surface area contributed by atoms with E-state index in [2.05, 4.69) is 20.5 Å². The fraction of sp³-hybridized carbons (Fsp3) is 0.0909. The highest BCUT2D eigenvalue weighted by molar-refractivity contribution is 5.90. The Morgan fingerprint density at radius 1 is 0.967 bits per heavy atom. The summed E-state index contributed by atoms with van der Waals surface area (Å²) in [4.78, 5) is 16.2. The minimum atomic E-state index is -0.136. The zero-order valence-corrected chi connectivity index (χ0v) is 16.4. The minimum Gasteiger partial charge on any atom is -0.461 e. The number of furan rings is 1. The van der Waals surface area contributed by atoms with Crippen LogP contribution in [0.4, 0.5) is 5.69 Å². The number of anilines is 1. The molecule has 8 heteroatoms. The number of hydrogen-bond acceptors (Lipinski definition) is 5. The largest absolute Gasteiger partial charge is 0.461 e. The lowest BCUT2D eigenvalue weighted by Gasteiger charge is -2.11. The van der Waals surface area contributed by atoms with E-state index in [1.807, 2.05) is 64.6 Å². The molecule has 0 aliphatic heterocycles. The van der Waals surface area contributed by atoms with Crippen molar-refractivity contribution in [2.45, 2.75) is 13.8 Å². The molecule has 1 N–H and O–H groups in total. The fourth-order valence-electron chi connectivity index (χ4n) is 3.46. The van der Waals surface area contributed by atoms with Crippen LogP contribution in [-0.4, -0.2) is 30.2 Å². The van der Waals surface area contributed by atoms with Crippen molar-refractivity contribution < 1.29 is 9.21 Å². The second-order valence-electron chi connectivity index (χ2n) is 7.02. The molecular formula is C22H18N6O2. The first-order valence-corrected chi connectivity index (χ1v) is 9.39. The summed E-state index contributed by atoms with van der Waals surface area (Å²) in [6.07, 6.45) is 5.06. The Kier molecular flexibility index (Phi) is 4.17. The molecule has 148 valence electrons. The van der Waals surface area contributed by atoms with Crippen molar-refractivity contribution in [3.8, 4) is 22.7 Å². The number of carbonyl (C=O) groups is 1. The van der Waals surface area contributed by atoms with Crippen molar-refractivity contribution in [3.63, 3.8) is 0 Å². The standard InChI is InChI=1S/C22H18N6O2/c1-14-3-6-22(30-14)16-7-17(26-15(2)29)9-19(8-16)28-11-23-20-10-18(4-5-21(20)28)27-12-24-25-13-27/h3-13H,1-2H3,(H,26,29). The maximum Gasteiger partial charge on any atom is 0.221 e. The van der Waals surface area contributed by atoms with Crippen molar-refractivity contribution in [2.75, 3.05) is 5.32 Å². The van der Waals surface area contributed by atoms with Gasteiger partial charge in [-0.05, 0) is 55.5 Å². The van der Waals surface area contributed by atoms with Gasteiger partial charge in [0.1, 0.15) is 30.5 Å². The van der Waals surface area contributed by atoms with Gasteiger partial charge < -0.3 is 9.73 Å². The van der Waals surface area contributed by atoms with Gasteiger partial charge >= 0.3 is 0 Å². The first-order valence-electron chi connectivity index (χ1n) is 9.39. The maximum atomic E-state index is 11.7. The van der Waals surface area contributed by atoms with Crippen molar-refractivity contribution in [2.24, 2.45) is 0 Å². The van der Waals surface area contributed by atoms with Gasteiger partial charge in [0.05, 0.1) is 16.7 Å². The molecule has 0 bridgehead atoms. The SMILES string of the molecule is CC(=O)Nc1cc(-c2ccc(C)o2)cc(-n2cnc3cc(-n4cnnc4)ccc32)c1. The van der Waals surface area contributed by atoms with E-state index in [-0.39, 0.29) is 5.91 Å². The van der Waals surface area contributed by atoms with Crippen LogP contribution < -0.4 is 5.32 Å². The molecule has 0 spiro atoms. The van der Waals surface area contributed by atoms with Gasteiger partial charge in [-0.25, -0.2) is 4.98 Å². The number of fused-ring (bicyclic) bond motifs is 1. The summed E-state index contributed by atoms with van der Waals surface area (Å²) in [6.45, 7) is 3.39. The molecule has 1 amide bonds. The topological polar surface area (TPSA) is 90.8 Å². The molecule has 0 unspecified atom stereocenters. The number of nitrogens with zero attached hydrogens (tertiary/aromatic N) is 5. The number of aromatic nitrogens is 5. The van der Waals surface area contributed by atoms with Crippen LogP contribution in [0.25, 0.3) is 33.7 Å². The Hall–Kier alpha value is -4.20. The molecule has 0 aliphatic rings. The number of nitrogens with one attached hydrogen (secondary N) is 1. The minimum absolute atomic E-state index is 0.136. The number of imidazole rings is 1. The van der Waals surface area contributed by atoms with Gasteiger partial charge in [0.25, 0.3) is 0 Å². The first kappa shape index (κ1) is 17.9. The van der Waals surface area contributed by atoms with Gasteiger partial charge in [-0.2, -0.15) is 0 Å². The van der Waals surface area contributed by atoms with Crippen molar-refractivity contribution >= 4 is 22.6 Å². The summed E-state index contributed by atoms with van der Waals surface area (Å²) in [5.41, 5.74) is 5.12. The molecule has 0 aliphatic carbocycles. The van der Waals surface area contributed by atoms with Crippen LogP contribution in [-0.2, 0) is 4.79 Å². The predicted molar refractivity (Wildman–Crippen MR) is 113 cm³/mol. The Balaban J connectivity index is 1.63. The second kappa shape index (κ2) is 7.00. The molecule has 0 fully saturated rings. The van der Waals surface area contributed by atoms with Crippen molar-refractivity contribution in [3.05, 3.63) is 73.3 Å². The fourth-order valence-corrected chi connectivity index (χ4v) is 3.46. The van der Waals surface area contributed by atoms with Gasteiger partial charge in [0, 0.05) is 23.9 Å². The number of aryl methyl sites for hydroxylation is 1. The first-order chi connectivity index (χ1) is 14.6. The van der Waals surface area contributed by atoms with Crippen LogP contribution in [0.3, 0.4) is 0 Å². The van der Waals surface area contributed by atoms with Crippen LogP contribution in [0.1, 0.15) is 12.7 Å². The van der Waals surface area contributed by atoms with Crippen LogP contribution in [0.5, 0.6) is 0 Å². The number of hydrogen-bond donors (Lipinski definition) is 1. The molecule has 2 aromatic carbocycles. The highest BCUT2D eigenvalue weighted by Gasteiger charge is 2.12. The monoisotopic (exact) mass is 398 g/mol. The van der Waals surface area contributed by atoms with E-state index < -0.39 is 0 Å². The van der Waals surface area contributed by atoms with Crippen LogP contribution in [0.2, 0.25) is 0 Å². The summed E-state index contributed by atoms with van der Waals surface area (Å²) < 4.78 is 9.60. The van der Waals surface area contributed by atoms with Crippen LogP contribution in [0, 0.1) is 6.92 Å². The van der Waals surface area contributed by atoms with E-state index in [9.17, 15) is 4.79 Å². The Morgan fingerprint density at radius 2 is 1.80 bits per heavy atom. The molecule has 0 atom stereocenters. The Morgan fingerprint density at radius 3 is 2.53 bits per heavy atom. The molecule has 0 radical (unpaired) electrons. The van der Waals surface area contributed by atoms with Crippen molar-refractivity contribution in [1.29, 1.82) is 0 Å². The molecule has 0 saturated carbocycles. The smallest absolute Gasteiger partial charge is 0.221 e. The zero-order chi connectivity index (χ0) is 20.7. The summed E-state index contributed by atoms with van der Waals surface area (Å²) in [5, 5.41) is 10.6. The molecule has 5 rings (SSSR count). The van der Waals surface area contributed by atoms with E-state index in [0.717, 1.165) is 39.5 Å². The van der Waals surface area contributed by atoms with E-state index >= 15 is 0 Å². The molecule has 30 heavy (non-hydrogen) atoms. The van der Waals surface area contributed by atoms with Gasteiger partial charge in [0.2, 0.25) is 5.91 Å². The summed E-state index contributed by atoms with van der Waals surface area (Å²) >= 11 is 0. The third-order valence-electron chi connectivity index (χ3n) is 4.79. The molecule has 3 heterocycles. The maximum absolute atomic E-state index is 11.7. The van der Waals surface area contributed by atoms with Gasteiger partial charge in [-0.15, -0.1) is 10.2 Å². The summed E-state index contributed by atoms with van der Waals surface area (Å²) in [6, 6.07) is 15.6. The van der Waals surface area contributed by atoms with Gasteiger partial charge in [0.15, 0.2) is 0 Å². The average Bonchev–Trinajstić information content (AvgIpc) is 3.47. The molecule has 5 aromatic rings. The lowest BCUT2D eigenvalue weighted by atomic mass is 10.1. The normalized spacial score (nSPS) is 11.1. The van der Waals surface area contributed by atoms with E-state index in [4.69, 9.17) is 4.42 Å². The molecular weight excluding hydrogens is 380 g/mol. The molecule has 3 aromatic heterocycles. The lowest BCUT2D eigenvalue weighted by Crippen LogP contribution is -2.06. The van der Waals surface area contributed by atoms with E-state index in [0.29, 0.717) is 5.69 Å². The number of carbonyl (C=O) groups excluding carboxylic acids is 1. The third kappa shape index (κ3) is 3.24. The van der Waals surface area contributed by atoms with Crippen molar-refractivity contribution in [1.82, 2.24) is 24.3 Å². The summed E-state index contributed by atoms with van der Waals surface area (Å²) in [7, 11) is 0. The van der Waals surface area contributed by atoms with E-state index in [1.165, 1.54) is 6.92 Å². The predicted octanol–water partition coefficient (Wildman–Crippen LogP) is 4.13. The number of amides is 1. The van der Waals surface area contributed by atoms with Crippen LogP contribution in [0.15, 0.2) is 71.9 Å². The molecule has 0 saturated heterocycles. The highest BCUT2D eigenvalue weighted by Crippen LogP contribution is 2.30. The van der Waals surface area contributed by atoms with Gasteiger partial charge in [-0.1, -0.05) is 0 Å². The average molecular weight is 398 g/mol. The summed E-state index contributed by atoms with van der Waals surface area (Å²) in [5.74, 6) is 1.43. The highest BCUT2D eigenvalue weighted by atomic mass is 16.3. The quantitative estimate of drug-likeness (QED) is 0.491. The Labute approximate surface area is 171 Å². The van der Waals surface area contributed by atoms with E-state index in [1.54, 1.807) is 19.0 Å². The number of rotatable bonds is 4. The Bertz CT molecular complexity index is 1360. The number of benzene rings is 2.